The lowest BCUT2D eigenvalue weighted by Crippen LogP contribution is -2.53. The van der Waals surface area contributed by atoms with Crippen LogP contribution in [0.15, 0.2) is 18.2 Å². The highest BCUT2D eigenvalue weighted by atomic mass is 19.4. The third kappa shape index (κ3) is 7.35. The van der Waals surface area contributed by atoms with Gasteiger partial charge in [-0.3, -0.25) is 4.79 Å². The van der Waals surface area contributed by atoms with Crippen LogP contribution in [0.2, 0.25) is 0 Å². The maximum Gasteiger partial charge on any atom is 0.547 e. The van der Waals surface area contributed by atoms with Gasteiger partial charge in [-0.1, -0.05) is 12.1 Å². The fourth-order valence-electron chi connectivity index (χ4n) is 2.77. The van der Waals surface area contributed by atoms with Crippen LogP contribution in [0.25, 0.3) is 0 Å². The van der Waals surface area contributed by atoms with Crippen LogP contribution in [0.5, 0.6) is 5.75 Å². The van der Waals surface area contributed by atoms with Crippen molar-refractivity contribution in [3.05, 3.63) is 29.3 Å². The number of amides is 1. The van der Waals surface area contributed by atoms with Crippen molar-refractivity contribution in [2.24, 2.45) is 0 Å². The molecule has 2 atom stereocenters. The number of nitrogens with one attached hydrogen (secondary N) is 1. The lowest BCUT2D eigenvalue weighted by molar-refractivity contribution is -0.144. The Morgan fingerprint density at radius 1 is 1.32 bits per heavy atom. The van der Waals surface area contributed by atoms with Gasteiger partial charge in [-0.2, -0.15) is 13.2 Å². The lowest BCUT2D eigenvalue weighted by atomic mass is 9.72. The van der Waals surface area contributed by atoms with E-state index in [9.17, 15) is 32.6 Å². The van der Waals surface area contributed by atoms with Gasteiger partial charge >= 0.3 is 25.4 Å². The van der Waals surface area contributed by atoms with Crippen molar-refractivity contribution in [1.29, 1.82) is 0 Å². The zero-order valence-electron chi connectivity index (χ0n) is 16.7. The Balaban J connectivity index is 2.03. The SMILES string of the molecule is CCOC(=O)OC(C)OC(=O)c1cccc2c1OB(O)C(NC(=O)CCC(F)(F)F)C2. The Bertz CT molecular complexity index is 819. The summed E-state index contributed by atoms with van der Waals surface area (Å²) < 4.78 is 56.4. The molecule has 2 N–H and O–H groups in total. The van der Waals surface area contributed by atoms with E-state index in [0.29, 0.717) is 5.56 Å². The molecule has 1 aliphatic rings. The maximum absolute atomic E-state index is 12.4. The van der Waals surface area contributed by atoms with Crippen LogP contribution in [0.4, 0.5) is 18.0 Å². The van der Waals surface area contributed by atoms with Gasteiger partial charge in [-0.25, -0.2) is 9.59 Å². The summed E-state index contributed by atoms with van der Waals surface area (Å²) in [5.41, 5.74) is 0.345. The van der Waals surface area contributed by atoms with Crippen molar-refractivity contribution in [2.75, 3.05) is 6.61 Å². The molecule has 0 aromatic heterocycles. The summed E-state index contributed by atoms with van der Waals surface area (Å²) in [6.45, 7) is 2.95. The normalized spacial score (nSPS) is 16.5. The molecular formula is C18H21BF3NO8. The fraction of sp³-hybridized carbons (Fsp3) is 0.500. The molecule has 31 heavy (non-hydrogen) atoms. The number of fused-ring (bicyclic) bond motifs is 1. The standard InChI is InChI=1S/C18H21BF3NO8/c1-3-28-17(26)30-10(2)29-16(25)12-6-4-5-11-9-13(19(27)31-15(11)12)23-14(24)7-8-18(20,21)22/h4-6,10,13,27H,3,7-9H2,1-2H3,(H,23,24). The first-order valence-corrected chi connectivity index (χ1v) is 9.37. The first kappa shape index (κ1) is 24.3. The topological polar surface area (TPSA) is 120 Å². The third-order valence-corrected chi connectivity index (χ3v) is 4.12. The molecule has 0 bridgehead atoms. The highest BCUT2D eigenvalue weighted by molar-refractivity contribution is 6.47. The number of hydrogen-bond acceptors (Lipinski definition) is 8. The molecule has 9 nitrogen and oxygen atoms in total. The molecule has 1 amide bonds. The second kappa shape index (κ2) is 10.4. The lowest BCUT2D eigenvalue weighted by Gasteiger charge is -2.29. The number of carbonyl (C=O) groups excluding carboxylic acids is 3. The summed E-state index contributed by atoms with van der Waals surface area (Å²) >= 11 is 0. The number of carbonyl (C=O) groups is 3. The third-order valence-electron chi connectivity index (χ3n) is 4.12. The quantitative estimate of drug-likeness (QED) is 0.371. The van der Waals surface area contributed by atoms with Crippen molar-refractivity contribution >= 4 is 25.2 Å². The Hall–Kier alpha value is -2.96. The van der Waals surface area contributed by atoms with Gasteiger partial charge in [0.1, 0.15) is 11.3 Å². The number of hydrogen-bond donors (Lipinski definition) is 2. The average molecular weight is 447 g/mol. The summed E-state index contributed by atoms with van der Waals surface area (Å²) in [6, 6.07) is 4.41. The highest BCUT2D eigenvalue weighted by Gasteiger charge is 2.38. The van der Waals surface area contributed by atoms with E-state index in [2.05, 4.69) is 10.1 Å². The number of benzene rings is 1. The van der Waals surface area contributed by atoms with Crippen LogP contribution in [0.1, 0.15) is 42.6 Å². The predicted octanol–water partition coefficient (Wildman–Crippen LogP) is 2.14. The molecule has 1 aromatic rings. The molecular weight excluding hydrogens is 426 g/mol. The van der Waals surface area contributed by atoms with Gasteiger partial charge in [0.2, 0.25) is 12.2 Å². The molecule has 1 aromatic carbocycles. The van der Waals surface area contributed by atoms with E-state index in [1.807, 2.05) is 0 Å². The average Bonchev–Trinajstić information content (AvgIpc) is 2.66. The first-order valence-electron chi connectivity index (χ1n) is 9.37. The van der Waals surface area contributed by atoms with Crippen molar-refractivity contribution in [3.8, 4) is 5.75 Å². The maximum atomic E-state index is 12.4. The van der Waals surface area contributed by atoms with Gasteiger partial charge in [0.05, 0.1) is 19.0 Å². The van der Waals surface area contributed by atoms with Gasteiger partial charge in [-0.15, -0.1) is 0 Å². The summed E-state index contributed by atoms with van der Waals surface area (Å²) in [5.74, 6) is -2.82. The van der Waals surface area contributed by atoms with Crippen molar-refractivity contribution in [1.82, 2.24) is 5.32 Å². The molecule has 0 aliphatic carbocycles. The number of esters is 1. The van der Waals surface area contributed by atoms with E-state index in [0.717, 1.165) is 0 Å². The van der Waals surface area contributed by atoms with Crippen LogP contribution in [0.3, 0.4) is 0 Å². The summed E-state index contributed by atoms with van der Waals surface area (Å²) in [4.78, 5) is 35.4. The second-order valence-corrected chi connectivity index (χ2v) is 6.57. The van der Waals surface area contributed by atoms with Gasteiger partial charge in [0, 0.05) is 13.3 Å². The van der Waals surface area contributed by atoms with Crippen LogP contribution in [-0.2, 0) is 25.4 Å². The molecule has 0 saturated carbocycles. The van der Waals surface area contributed by atoms with Crippen molar-refractivity contribution in [3.63, 3.8) is 0 Å². The van der Waals surface area contributed by atoms with Gasteiger partial charge in [0.25, 0.3) is 0 Å². The Morgan fingerprint density at radius 2 is 2.03 bits per heavy atom. The molecule has 1 aliphatic heterocycles. The van der Waals surface area contributed by atoms with E-state index in [4.69, 9.17) is 14.1 Å². The summed E-state index contributed by atoms with van der Waals surface area (Å²) in [6.07, 6.45) is -8.84. The van der Waals surface area contributed by atoms with E-state index >= 15 is 0 Å². The molecule has 2 rings (SSSR count). The minimum absolute atomic E-state index is 0.00422. The number of alkyl halides is 3. The number of halogens is 3. The second-order valence-electron chi connectivity index (χ2n) is 6.57. The molecule has 0 saturated heterocycles. The number of ether oxygens (including phenoxy) is 3. The fourth-order valence-corrected chi connectivity index (χ4v) is 2.77. The van der Waals surface area contributed by atoms with Crippen LogP contribution in [0, 0.1) is 0 Å². The zero-order chi connectivity index (χ0) is 23.2. The predicted molar refractivity (Wildman–Crippen MR) is 99.0 cm³/mol. The Labute approximate surface area is 175 Å². The van der Waals surface area contributed by atoms with E-state index in [-0.39, 0.29) is 24.3 Å². The summed E-state index contributed by atoms with van der Waals surface area (Å²) in [7, 11) is -1.61. The Morgan fingerprint density at radius 3 is 2.68 bits per heavy atom. The number of rotatable bonds is 7. The van der Waals surface area contributed by atoms with Crippen LogP contribution in [-0.4, -0.2) is 55.2 Å². The molecule has 1 heterocycles. The molecule has 2 unspecified atom stereocenters. The largest absolute Gasteiger partial charge is 0.547 e. The molecule has 0 radical (unpaired) electrons. The minimum atomic E-state index is -4.48. The first-order chi connectivity index (χ1) is 14.5. The van der Waals surface area contributed by atoms with Gasteiger partial charge in [0.15, 0.2) is 0 Å². The van der Waals surface area contributed by atoms with E-state index in [1.165, 1.54) is 19.1 Å². The molecule has 0 spiro atoms. The van der Waals surface area contributed by atoms with Crippen molar-refractivity contribution in [2.45, 2.75) is 51.5 Å². The van der Waals surface area contributed by atoms with E-state index in [1.54, 1.807) is 13.0 Å². The number of para-hydroxylation sites is 1. The smallest absolute Gasteiger partial charge is 0.534 e. The molecule has 13 heteroatoms. The monoisotopic (exact) mass is 447 g/mol. The summed E-state index contributed by atoms with van der Waals surface area (Å²) in [5, 5.41) is 12.5. The van der Waals surface area contributed by atoms with Crippen LogP contribution < -0.4 is 9.97 Å². The van der Waals surface area contributed by atoms with Crippen molar-refractivity contribution < 1.29 is 51.4 Å². The highest BCUT2D eigenvalue weighted by Crippen LogP contribution is 2.31. The van der Waals surface area contributed by atoms with E-state index < -0.39 is 56.4 Å². The zero-order valence-corrected chi connectivity index (χ0v) is 16.7. The van der Waals surface area contributed by atoms with Gasteiger partial charge < -0.3 is 29.2 Å². The molecule has 0 fully saturated rings. The molecule has 170 valence electrons. The Kier molecular flexibility index (Phi) is 8.14. The van der Waals surface area contributed by atoms with Crippen LogP contribution >= 0.6 is 0 Å². The minimum Gasteiger partial charge on any atom is -0.534 e. The van der Waals surface area contributed by atoms with Gasteiger partial charge in [-0.05, 0) is 25.0 Å².